The van der Waals surface area contributed by atoms with Crippen molar-refractivity contribution in [3.05, 3.63) is 119 Å². The third kappa shape index (κ3) is 6.20. The van der Waals surface area contributed by atoms with Gasteiger partial charge < -0.3 is 25.2 Å². The molecule has 0 radical (unpaired) electrons. The Hall–Kier alpha value is -4.92. The number of hydrogen-bond acceptors (Lipinski definition) is 4. The summed E-state index contributed by atoms with van der Waals surface area (Å²) in [6, 6.07) is 23.4. The van der Waals surface area contributed by atoms with E-state index in [4.69, 9.17) is 0 Å². The molecule has 42 heavy (non-hydrogen) atoms. The lowest BCUT2D eigenvalue weighted by Crippen LogP contribution is -2.50. The van der Waals surface area contributed by atoms with Crippen molar-refractivity contribution in [1.29, 1.82) is 0 Å². The lowest BCUT2D eigenvalue weighted by atomic mass is 9.88. The summed E-state index contributed by atoms with van der Waals surface area (Å²) < 4.78 is 1.95. The zero-order valence-electron chi connectivity index (χ0n) is 23.9. The molecule has 216 valence electrons. The molecule has 5 rings (SSSR count). The molecule has 3 amide bonds. The van der Waals surface area contributed by atoms with Crippen LogP contribution in [0.3, 0.4) is 0 Å². The molecule has 0 spiro atoms. The van der Waals surface area contributed by atoms with E-state index in [1.807, 2.05) is 104 Å². The Morgan fingerprint density at radius 2 is 1.62 bits per heavy atom. The number of aliphatic carboxylic acids is 1. The molecule has 1 aliphatic rings. The van der Waals surface area contributed by atoms with E-state index in [2.05, 4.69) is 15.6 Å². The first-order valence-corrected chi connectivity index (χ1v) is 14.0. The van der Waals surface area contributed by atoms with Crippen LogP contribution in [0.2, 0.25) is 0 Å². The lowest BCUT2D eigenvalue weighted by molar-refractivity contribution is -0.151. The van der Waals surface area contributed by atoms with E-state index in [1.54, 1.807) is 6.33 Å². The molecular weight excluding hydrogens is 530 g/mol. The Morgan fingerprint density at radius 3 is 2.19 bits per heavy atom. The molecule has 1 unspecified atom stereocenters. The largest absolute Gasteiger partial charge is 0.480 e. The van der Waals surface area contributed by atoms with Crippen LogP contribution in [0.5, 0.6) is 0 Å². The van der Waals surface area contributed by atoms with Gasteiger partial charge in [0.05, 0.1) is 24.5 Å². The second kappa shape index (κ2) is 12.3. The number of hydrogen-bond donors (Lipinski definition) is 3. The summed E-state index contributed by atoms with van der Waals surface area (Å²) >= 11 is 0. The average molecular weight is 566 g/mol. The van der Waals surface area contributed by atoms with Gasteiger partial charge in [-0.3, -0.25) is 4.79 Å². The fraction of sp³-hybridized carbons (Fsp3) is 0.273. The molecule has 4 aromatic rings. The minimum atomic E-state index is -1.05. The number of fused-ring (bicyclic) bond motifs is 1. The summed E-state index contributed by atoms with van der Waals surface area (Å²) in [5, 5.41) is 15.9. The van der Waals surface area contributed by atoms with Crippen molar-refractivity contribution >= 4 is 23.6 Å². The predicted molar refractivity (Wildman–Crippen MR) is 160 cm³/mol. The van der Waals surface area contributed by atoms with E-state index in [-0.39, 0.29) is 30.9 Å². The quantitative estimate of drug-likeness (QED) is 0.280. The first-order chi connectivity index (χ1) is 20.2. The molecule has 3 N–H and O–H groups in total. The van der Waals surface area contributed by atoms with Crippen LogP contribution in [0.25, 0.3) is 0 Å². The average Bonchev–Trinajstić information content (AvgIpc) is 3.36. The molecule has 1 aromatic heterocycles. The fourth-order valence-electron chi connectivity index (χ4n) is 5.49. The van der Waals surface area contributed by atoms with Gasteiger partial charge in [0, 0.05) is 30.4 Å². The van der Waals surface area contributed by atoms with E-state index in [0.717, 1.165) is 33.6 Å². The van der Waals surface area contributed by atoms with E-state index in [1.165, 1.54) is 4.90 Å². The molecule has 0 saturated carbocycles. The first-order valence-electron chi connectivity index (χ1n) is 14.0. The number of imidazole rings is 1. The van der Waals surface area contributed by atoms with E-state index < -0.39 is 17.9 Å². The summed E-state index contributed by atoms with van der Waals surface area (Å²) in [4.78, 5) is 44.8. The summed E-state index contributed by atoms with van der Waals surface area (Å²) in [7, 11) is 0. The van der Waals surface area contributed by atoms with Gasteiger partial charge in [0.25, 0.3) is 0 Å². The van der Waals surface area contributed by atoms with Gasteiger partial charge in [0.15, 0.2) is 0 Å². The van der Waals surface area contributed by atoms with Gasteiger partial charge in [-0.1, -0.05) is 72.8 Å². The van der Waals surface area contributed by atoms with Crippen molar-refractivity contribution in [3.63, 3.8) is 0 Å². The number of rotatable bonds is 8. The van der Waals surface area contributed by atoms with Crippen molar-refractivity contribution in [3.8, 4) is 0 Å². The van der Waals surface area contributed by atoms with Gasteiger partial charge in [0.2, 0.25) is 5.91 Å². The van der Waals surface area contributed by atoms with Crippen LogP contribution in [0.15, 0.2) is 85.2 Å². The van der Waals surface area contributed by atoms with Crippen LogP contribution in [-0.2, 0) is 29.1 Å². The number of carbonyl (C=O) groups is 3. The monoisotopic (exact) mass is 565 g/mol. The molecule has 9 heteroatoms. The van der Waals surface area contributed by atoms with Crippen molar-refractivity contribution in [1.82, 2.24) is 19.8 Å². The molecule has 1 aliphatic heterocycles. The Bertz CT molecular complexity index is 1540. The third-order valence-electron chi connectivity index (χ3n) is 7.51. The molecule has 1 atom stereocenters. The van der Waals surface area contributed by atoms with Crippen LogP contribution < -0.4 is 10.6 Å². The number of carbonyl (C=O) groups excluding carboxylic acids is 2. The molecule has 0 aliphatic carbocycles. The van der Waals surface area contributed by atoms with Crippen molar-refractivity contribution < 1.29 is 19.5 Å². The van der Waals surface area contributed by atoms with Crippen molar-refractivity contribution in [2.24, 2.45) is 0 Å². The number of nitrogens with one attached hydrogen (secondary N) is 2. The Morgan fingerprint density at radius 1 is 0.976 bits per heavy atom. The summed E-state index contributed by atoms with van der Waals surface area (Å²) in [5.41, 5.74) is 5.73. The van der Waals surface area contributed by atoms with Gasteiger partial charge in [0.1, 0.15) is 6.04 Å². The highest BCUT2D eigenvalue weighted by molar-refractivity contribution is 5.91. The zero-order valence-corrected chi connectivity index (χ0v) is 23.9. The number of urea groups is 1. The number of carboxylic acid groups (broad SMARTS) is 1. The standard InChI is InChI=1S/C33H35N5O4/c1-21(2)35-33(42)36-26-15-14-23(16-22(26)3)18-37-20-34-27-19-38(29(32(40)41)17-28(27)37)31(39)30(24-10-6-4-7-11-24)25-12-8-5-9-13-25/h4-16,20-21,29-30H,17-19H2,1-3H3,(H,40,41)(H2,35,36,42). The van der Waals surface area contributed by atoms with Crippen LogP contribution in [0.1, 0.15) is 53.4 Å². The number of aromatic nitrogens is 2. The number of aryl methyl sites for hydroxylation is 1. The highest BCUT2D eigenvalue weighted by atomic mass is 16.4. The topological polar surface area (TPSA) is 117 Å². The maximum absolute atomic E-state index is 14.1. The van der Waals surface area contributed by atoms with Gasteiger partial charge in [-0.2, -0.15) is 0 Å². The summed E-state index contributed by atoms with van der Waals surface area (Å²) in [5.74, 6) is -1.94. The molecule has 3 aromatic carbocycles. The molecule has 9 nitrogen and oxygen atoms in total. The first kappa shape index (κ1) is 28.6. The number of nitrogens with zero attached hydrogens (tertiary/aromatic N) is 3. The number of amides is 3. The molecule has 0 saturated heterocycles. The molecular formula is C33H35N5O4. The molecule has 2 heterocycles. The van der Waals surface area contributed by atoms with Crippen LogP contribution in [-0.4, -0.2) is 49.5 Å². The van der Waals surface area contributed by atoms with Crippen molar-refractivity contribution in [2.45, 2.75) is 58.3 Å². The Balaban J connectivity index is 1.39. The Labute approximate surface area is 245 Å². The fourth-order valence-corrected chi connectivity index (χ4v) is 5.49. The van der Waals surface area contributed by atoms with E-state index in [0.29, 0.717) is 12.2 Å². The van der Waals surface area contributed by atoms with Crippen LogP contribution >= 0.6 is 0 Å². The van der Waals surface area contributed by atoms with E-state index >= 15 is 0 Å². The van der Waals surface area contributed by atoms with Gasteiger partial charge >= 0.3 is 12.0 Å². The normalized spacial score (nSPS) is 14.5. The smallest absolute Gasteiger partial charge is 0.326 e. The van der Waals surface area contributed by atoms with Crippen LogP contribution in [0, 0.1) is 6.92 Å². The lowest BCUT2D eigenvalue weighted by Gasteiger charge is -2.35. The summed E-state index contributed by atoms with van der Waals surface area (Å²) in [6.45, 7) is 6.32. The number of anilines is 1. The predicted octanol–water partition coefficient (Wildman–Crippen LogP) is 4.94. The molecule has 0 fully saturated rings. The summed E-state index contributed by atoms with van der Waals surface area (Å²) in [6.07, 6.45) is 1.86. The zero-order chi connectivity index (χ0) is 29.8. The molecule has 0 bridgehead atoms. The van der Waals surface area contributed by atoms with Crippen molar-refractivity contribution in [2.75, 3.05) is 5.32 Å². The van der Waals surface area contributed by atoms with Gasteiger partial charge in [-0.25, -0.2) is 14.6 Å². The maximum Gasteiger partial charge on any atom is 0.326 e. The SMILES string of the molecule is Cc1cc(Cn2cnc3c2CC(C(=O)O)N(C(=O)C(c2ccccc2)c2ccccc2)C3)ccc1NC(=O)NC(C)C. The van der Waals surface area contributed by atoms with Gasteiger partial charge in [-0.15, -0.1) is 0 Å². The highest BCUT2D eigenvalue weighted by Crippen LogP contribution is 2.32. The number of carboxylic acids is 1. The minimum Gasteiger partial charge on any atom is -0.480 e. The second-order valence-corrected chi connectivity index (χ2v) is 10.9. The van der Waals surface area contributed by atoms with Crippen LogP contribution in [0.4, 0.5) is 10.5 Å². The highest BCUT2D eigenvalue weighted by Gasteiger charge is 2.40. The van der Waals surface area contributed by atoms with Gasteiger partial charge in [-0.05, 0) is 49.1 Å². The maximum atomic E-state index is 14.1. The second-order valence-electron chi connectivity index (χ2n) is 10.9. The Kier molecular flexibility index (Phi) is 8.38. The number of benzene rings is 3. The van der Waals surface area contributed by atoms with E-state index in [9.17, 15) is 19.5 Å². The third-order valence-corrected chi connectivity index (χ3v) is 7.51. The minimum absolute atomic E-state index is 0.0282.